The minimum Gasteiger partial charge on any atom is -0.481 e. The predicted octanol–water partition coefficient (Wildman–Crippen LogP) is 1.83. The molecule has 0 radical (unpaired) electrons. The van der Waals surface area contributed by atoms with E-state index in [4.69, 9.17) is 16.7 Å². The van der Waals surface area contributed by atoms with Gasteiger partial charge in [-0.2, -0.15) is 0 Å². The van der Waals surface area contributed by atoms with Gasteiger partial charge < -0.3 is 5.11 Å². The number of carboxylic acid groups (broad SMARTS) is 1. The molecule has 1 unspecified atom stereocenters. The van der Waals surface area contributed by atoms with Crippen molar-refractivity contribution in [1.82, 2.24) is 0 Å². The van der Waals surface area contributed by atoms with Crippen LogP contribution in [0.5, 0.6) is 0 Å². The van der Waals surface area contributed by atoms with Gasteiger partial charge >= 0.3 is 5.97 Å². The van der Waals surface area contributed by atoms with Crippen LogP contribution in [0.15, 0.2) is 24.3 Å². The molecule has 1 aromatic rings. The first kappa shape index (κ1) is 14.8. The fourth-order valence-corrected chi connectivity index (χ4v) is 2.49. The summed E-state index contributed by atoms with van der Waals surface area (Å²) in [6.07, 6.45) is 1.04. The second-order valence-corrected chi connectivity index (χ2v) is 6.35. The van der Waals surface area contributed by atoms with Gasteiger partial charge in [-0.15, -0.1) is 0 Å². The zero-order chi connectivity index (χ0) is 13.9. The summed E-state index contributed by atoms with van der Waals surface area (Å²) in [6, 6.07) is 6.19. The monoisotopic (exact) mass is 291 g/mol. The third-order valence-electron chi connectivity index (χ3n) is 2.38. The van der Waals surface area contributed by atoms with E-state index in [1.54, 1.807) is 12.1 Å². The molecule has 0 saturated carbocycles. The average molecular weight is 292 g/mol. The van der Waals surface area contributed by atoms with Crippen LogP contribution in [0.4, 0.5) is 5.69 Å². The molecule has 0 aliphatic rings. The Labute approximate surface area is 111 Å². The highest BCUT2D eigenvalue weighted by atomic mass is 35.5. The van der Waals surface area contributed by atoms with Crippen LogP contribution < -0.4 is 4.31 Å². The van der Waals surface area contributed by atoms with Gasteiger partial charge in [0.2, 0.25) is 10.0 Å². The fourth-order valence-electron chi connectivity index (χ4n) is 1.37. The largest absolute Gasteiger partial charge is 0.481 e. The molecule has 0 aliphatic carbocycles. The van der Waals surface area contributed by atoms with Gasteiger partial charge in [0.1, 0.15) is 0 Å². The van der Waals surface area contributed by atoms with Gasteiger partial charge in [-0.25, -0.2) is 8.42 Å². The summed E-state index contributed by atoms with van der Waals surface area (Å²) in [7, 11) is -3.53. The second kappa shape index (κ2) is 5.58. The Kier molecular flexibility index (Phi) is 4.59. The van der Waals surface area contributed by atoms with E-state index in [1.807, 2.05) is 0 Å². The highest BCUT2D eigenvalue weighted by Crippen LogP contribution is 2.21. The first-order chi connectivity index (χ1) is 8.21. The van der Waals surface area contributed by atoms with E-state index in [9.17, 15) is 13.2 Å². The van der Waals surface area contributed by atoms with Crippen LogP contribution in [-0.2, 0) is 14.8 Å². The number of sulfonamides is 1. The number of anilines is 1. The van der Waals surface area contributed by atoms with Gasteiger partial charge in [-0.3, -0.25) is 9.10 Å². The van der Waals surface area contributed by atoms with Gasteiger partial charge in [0.05, 0.1) is 17.9 Å². The summed E-state index contributed by atoms with van der Waals surface area (Å²) < 4.78 is 24.4. The van der Waals surface area contributed by atoms with Crippen LogP contribution in [-0.4, -0.2) is 32.3 Å². The molecule has 1 aromatic carbocycles. The maximum atomic E-state index is 11.7. The zero-order valence-corrected chi connectivity index (χ0v) is 11.6. The predicted molar refractivity (Wildman–Crippen MR) is 70.4 cm³/mol. The molecule has 1 rings (SSSR count). The number of hydrogen-bond donors (Lipinski definition) is 1. The average Bonchev–Trinajstić information content (AvgIpc) is 2.25. The Morgan fingerprint density at radius 1 is 1.39 bits per heavy atom. The normalized spacial score (nSPS) is 13.1. The molecule has 100 valence electrons. The Hall–Kier alpha value is -1.27. The van der Waals surface area contributed by atoms with E-state index in [0.29, 0.717) is 10.7 Å². The van der Waals surface area contributed by atoms with E-state index >= 15 is 0 Å². The summed E-state index contributed by atoms with van der Waals surface area (Å²) in [4.78, 5) is 10.8. The zero-order valence-electron chi connectivity index (χ0n) is 10.00. The fraction of sp³-hybridized carbons (Fsp3) is 0.364. The van der Waals surface area contributed by atoms with Gasteiger partial charge in [0, 0.05) is 11.6 Å². The molecule has 0 aromatic heterocycles. The number of benzene rings is 1. The molecule has 5 nitrogen and oxygen atoms in total. The van der Waals surface area contributed by atoms with Crippen LogP contribution in [0.25, 0.3) is 0 Å². The first-order valence-corrected chi connectivity index (χ1v) is 7.40. The topological polar surface area (TPSA) is 74.7 Å². The van der Waals surface area contributed by atoms with E-state index in [0.717, 1.165) is 10.6 Å². The SMILES string of the molecule is CC(CN(c1ccc(Cl)cc1)S(C)(=O)=O)C(=O)O. The van der Waals surface area contributed by atoms with Crippen molar-refractivity contribution in [3.8, 4) is 0 Å². The molecule has 0 fully saturated rings. The molecule has 0 amide bonds. The lowest BCUT2D eigenvalue weighted by Gasteiger charge is -2.24. The van der Waals surface area contributed by atoms with Crippen LogP contribution in [0, 0.1) is 5.92 Å². The highest BCUT2D eigenvalue weighted by molar-refractivity contribution is 7.92. The summed E-state index contributed by atoms with van der Waals surface area (Å²) >= 11 is 5.72. The molecule has 1 atom stereocenters. The number of carbonyl (C=O) groups is 1. The van der Waals surface area contributed by atoms with Crippen molar-refractivity contribution >= 4 is 33.3 Å². The second-order valence-electron chi connectivity index (χ2n) is 4.01. The number of carboxylic acids is 1. The summed E-state index contributed by atoms with van der Waals surface area (Å²) in [5.41, 5.74) is 0.398. The number of aliphatic carboxylic acids is 1. The lowest BCUT2D eigenvalue weighted by Crippen LogP contribution is -2.36. The molecule has 0 aliphatic heterocycles. The standard InChI is InChI=1S/C11H14ClNO4S/c1-8(11(14)15)7-13(18(2,16)17)10-5-3-9(12)4-6-10/h3-6,8H,7H2,1-2H3,(H,14,15). The van der Waals surface area contributed by atoms with E-state index < -0.39 is 21.9 Å². The molecule has 0 saturated heterocycles. The van der Waals surface area contributed by atoms with E-state index in [-0.39, 0.29) is 6.54 Å². The third-order valence-corrected chi connectivity index (χ3v) is 3.79. The smallest absolute Gasteiger partial charge is 0.308 e. The van der Waals surface area contributed by atoms with Gasteiger partial charge in [0.15, 0.2) is 0 Å². The van der Waals surface area contributed by atoms with E-state index in [2.05, 4.69) is 0 Å². The van der Waals surface area contributed by atoms with Crippen molar-refractivity contribution in [3.05, 3.63) is 29.3 Å². The van der Waals surface area contributed by atoms with Crippen LogP contribution in [0.2, 0.25) is 5.02 Å². The minimum atomic E-state index is -3.53. The first-order valence-electron chi connectivity index (χ1n) is 5.18. The Morgan fingerprint density at radius 2 is 1.89 bits per heavy atom. The summed E-state index contributed by atoms with van der Waals surface area (Å²) in [5, 5.41) is 9.33. The maximum absolute atomic E-state index is 11.7. The van der Waals surface area contributed by atoms with Crippen molar-refractivity contribution in [1.29, 1.82) is 0 Å². The van der Waals surface area contributed by atoms with Crippen molar-refractivity contribution in [2.45, 2.75) is 6.92 Å². The number of nitrogens with zero attached hydrogens (tertiary/aromatic N) is 1. The van der Waals surface area contributed by atoms with Gasteiger partial charge in [0.25, 0.3) is 0 Å². The number of rotatable bonds is 5. The molecule has 18 heavy (non-hydrogen) atoms. The lowest BCUT2D eigenvalue weighted by atomic mass is 10.2. The minimum absolute atomic E-state index is 0.115. The molecule has 0 heterocycles. The van der Waals surface area contributed by atoms with Crippen LogP contribution in [0.3, 0.4) is 0 Å². The van der Waals surface area contributed by atoms with Crippen molar-refractivity contribution in [2.24, 2.45) is 5.92 Å². The Bertz CT molecular complexity index is 526. The maximum Gasteiger partial charge on any atom is 0.308 e. The van der Waals surface area contributed by atoms with Crippen molar-refractivity contribution in [3.63, 3.8) is 0 Å². The van der Waals surface area contributed by atoms with Crippen molar-refractivity contribution in [2.75, 3.05) is 17.1 Å². The van der Waals surface area contributed by atoms with E-state index in [1.165, 1.54) is 19.1 Å². The van der Waals surface area contributed by atoms with Gasteiger partial charge in [-0.05, 0) is 24.3 Å². The Morgan fingerprint density at radius 3 is 2.28 bits per heavy atom. The van der Waals surface area contributed by atoms with Crippen LogP contribution in [0.1, 0.15) is 6.92 Å². The third kappa shape index (κ3) is 3.89. The summed E-state index contributed by atoms with van der Waals surface area (Å²) in [6.45, 7) is 1.34. The molecular weight excluding hydrogens is 278 g/mol. The number of hydrogen-bond acceptors (Lipinski definition) is 3. The van der Waals surface area contributed by atoms with Crippen molar-refractivity contribution < 1.29 is 18.3 Å². The van der Waals surface area contributed by atoms with Gasteiger partial charge in [-0.1, -0.05) is 18.5 Å². The molecule has 0 bridgehead atoms. The quantitative estimate of drug-likeness (QED) is 0.898. The summed E-state index contributed by atoms with van der Waals surface area (Å²) in [5.74, 6) is -1.84. The molecule has 1 N–H and O–H groups in total. The Balaban J connectivity index is 3.07. The van der Waals surface area contributed by atoms with Crippen LogP contribution >= 0.6 is 11.6 Å². The number of halogens is 1. The molecule has 0 spiro atoms. The molecule has 7 heteroatoms. The lowest BCUT2D eigenvalue weighted by molar-refractivity contribution is -0.140. The highest BCUT2D eigenvalue weighted by Gasteiger charge is 2.23. The molecular formula is C11H14ClNO4S.